The van der Waals surface area contributed by atoms with Crippen molar-refractivity contribution in [3.63, 3.8) is 0 Å². The fourth-order valence-corrected chi connectivity index (χ4v) is 2.17. The van der Waals surface area contributed by atoms with Crippen molar-refractivity contribution in [3.05, 3.63) is 58.9 Å². The van der Waals surface area contributed by atoms with Gasteiger partial charge >= 0.3 is 0 Å². The van der Waals surface area contributed by atoms with Gasteiger partial charge in [0, 0.05) is 5.56 Å². The molecule has 0 heterocycles. The first-order chi connectivity index (χ1) is 9.65. The molecule has 106 valence electrons. The standard InChI is InChI=1S/C17H19FO2/c1-4-13-6-5-7-16(19-3)14(13)11-20-17-10-12(2)8-9-15(17)18/h5-10H,4,11H2,1-3H3. The summed E-state index contributed by atoms with van der Waals surface area (Å²) < 4.78 is 24.7. The molecule has 0 aromatic heterocycles. The van der Waals surface area contributed by atoms with Gasteiger partial charge in [-0.05, 0) is 42.7 Å². The van der Waals surface area contributed by atoms with Crippen LogP contribution in [0.1, 0.15) is 23.6 Å². The van der Waals surface area contributed by atoms with Crippen LogP contribution in [0.3, 0.4) is 0 Å². The fourth-order valence-electron chi connectivity index (χ4n) is 2.17. The Balaban J connectivity index is 2.24. The first-order valence-corrected chi connectivity index (χ1v) is 6.69. The van der Waals surface area contributed by atoms with Gasteiger partial charge in [0.05, 0.1) is 7.11 Å². The summed E-state index contributed by atoms with van der Waals surface area (Å²) in [5.41, 5.74) is 3.09. The lowest BCUT2D eigenvalue weighted by atomic mass is 10.0. The summed E-state index contributed by atoms with van der Waals surface area (Å²) in [6, 6.07) is 10.7. The molecule has 2 nitrogen and oxygen atoms in total. The van der Waals surface area contributed by atoms with Gasteiger partial charge in [-0.2, -0.15) is 0 Å². The first kappa shape index (κ1) is 14.4. The van der Waals surface area contributed by atoms with E-state index in [1.54, 1.807) is 19.2 Å². The molecular weight excluding hydrogens is 255 g/mol. The van der Waals surface area contributed by atoms with Gasteiger partial charge in [-0.25, -0.2) is 4.39 Å². The second-order valence-corrected chi connectivity index (χ2v) is 4.67. The van der Waals surface area contributed by atoms with E-state index in [9.17, 15) is 4.39 Å². The maximum atomic E-state index is 13.7. The zero-order valence-electron chi connectivity index (χ0n) is 12.1. The molecule has 0 radical (unpaired) electrons. The summed E-state index contributed by atoms with van der Waals surface area (Å²) in [6.07, 6.45) is 0.881. The Hall–Kier alpha value is -2.03. The van der Waals surface area contributed by atoms with Crippen molar-refractivity contribution in [1.29, 1.82) is 0 Å². The summed E-state index contributed by atoms with van der Waals surface area (Å²) in [5, 5.41) is 0. The lowest BCUT2D eigenvalue weighted by molar-refractivity contribution is 0.281. The van der Waals surface area contributed by atoms with E-state index >= 15 is 0 Å². The minimum absolute atomic E-state index is 0.276. The lowest BCUT2D eigenvalue weighted by Crippen LogP contribution is -2.03. The van der Waals surface area contributed by atoms with E-state index in [0.717, 1.165) is 28.9 Å². The van der Waals surface area contributed by atoms with Crippen molar-refractivity contribution in [2.45, 2.75) is 26.9 Å². The third kappa shape index (κ3) is 3.10. The molecule has 0 saturated carbocycles. The van der Waals surface area contributed by atoms with Gasteiger partial charge in [0.1, 0.15) is 12.4 Å². The van der Waals surface area contributed by atoms with Crippen LogP contribution in [0.25, 0.3) is 0 Å². The molecule has 0 aliphatic rings. The minimum atomic E-state index is -0.344. The number of aryl methyl sites for hydroxylation is 2. The Morgan fingerprint density at radius 1 is 1.10 bits per heavy atom. The van der Waals surface area contributed by atoms with E-state index in [1.807, 2.05) is 25.1 Å². The number of hydrogen-bond acceptors (Lipinski definition) is 2. The molecule has 2 rings (SSSR count). The Morgan fingerprint density at radius 2 is 1.90 bits per heavy atom. The predicted octanol–water partition coefficient (Wildman–Crippen LogP) is 4.28. The maximum absolute atomic E-state index is 13.7. The molecule has 0 aliphatic carbocycles. The van der Waals surface area contributed by atoms with Crippen molar-refractivity contribution in [3.8, 4) is 11.5 Å². The maximum Gasteiger partial charge on any atom is 0.165 e. The lowest BCUT2D eigenvalue weighted by Gasteiger charge is -2.14. The van der Waals surface area contributed by atoms with E-state index in [1.165, 1.54) is 6.07 Å². The van der Waals surface area contributed by atoms with Gasteiger partial charge in [-0.15, -0.1) is 0 Å². The molecule has 0 unspecified atom stereocenters. The third-order valence-corrected chi connectivity index (χ3v) is 3.29. The molecular formula is C17H19FO2. The van der Waals surface area contributed by atoms with Crippen LogP contribution >= 0.6 is 0 Å². The summed E-state index contributed by atoms with van der Waals surface area (Å²) in [7, 11) is 1.63. The second kappa shape index (κ2) is 6.42. The summed E-state index contributed by atoms with van der Waals surface area (Å²) in [5.74, 6) is 0.707. The van der Waals surface area contributed by atoms with E-state index in [2.05, 4.69) is 6.92 Å². The van der Waals surface area contributed by atoms with Crippen LogP contribution < -0.4 is 9.47 Å². The van der Waals surface area contributed by atoms with Gasteiger partial charge in [0.2, 0.25) is 0 Å². The SMILES string of the molecule is CCc1cccc(OC)c1COc1cc(C)ccc1F. The molecule has 0 spiro atoms. The van der Waals surface area contributed by atoms with E-state index in [0.29, 0.717) is 6.61 Å². The highest BCUT2D eigenvalue weighted by Crippen LogP contribution is 2.26. The molecule has 3 heteroatoms. The molecule has 0 amide bonds. The van der Waals surface area contributed by atoms with Crippen LogP contribution in [-0.2, 0) is 13.0 Å². The molecule has 0 atom stereocenters. The van der Waals surface area contributed by atoms with Gasteiger partial charge in [-0.3, -0.25) is 0 Å². The highest BCUT2D eigenvalue weighted by molar-refractivity contribution is 5.40. The van der Waals surface area contributed by atoms with Crippen molar-refractivity contribution in [1.82, 2.24) is 0 Å². The van der Waals surface area contributed by atoms with Crippen molar-refractivity contribution in [2.75, 3.05) is 7.11 Å². The number of ether oxygens (including phenoxy) is 2. The van der Waals surface area contributed by atoms with Crippen LogP contribution in [0, 0.1) is 12.7 Å². The summed E-state index contributed by atoms with van der Waals surface area (Å²) in [6.45, 7) is 4.28. The average Bonchev–Trinajstić information content (AvgIpc) is 2.47. The Bertz CT molecular complexity index is 571. The van der Waals surface area contributed by atoms with Crippen LogP contribution in [0.4, 0.5) is 4.39 Å². The highest BCUT2D eigenvalue weighted by Gasteiger charge is 2.10. The van der Waals surface area contributed by atoms with Crippen molar-refractivity contribution in [2.24, 2.45) is 0 Å². The highest BCUT2D eigenvalue weighted by atomic mass is 19.1. The van der Waals surface area contributed by atoms with Gasteiger partial charge in [-0.1, -0.05) is 25.1 Å². The molecule has 0 saturated heterocycles. The Morgan fingerprint density at radius 3 is 2.60 bits per heavy atom. The second-order valence-electron chi connectivity index (χ2n) is 4.67. The van der Waals surface area contributed by atoms with Gasteiger partial charge in [0.15, 0.2) is 11.6 Å². The van der Waals surface area contributed by atoms with E-state index in [-0.39, 0.29) is 11.6 Å². The number of rotatable bonds is 5. The zero-order valence-corrected chi connectivity index (χ0v) is 12.1. The first-order valence-electron chi connectivity index (χ1n) is 6.69. The molecule has 0 fully saturated rings. The topological polar surface area (TPSA) is 18.5 Å². The summed E-state index contributed by atoms with van der Waals surface area (Å²) >= 11 is 0. The van der Waals surface area contributed by atoms with E-state index < -0.39 is 0 Å². The van der Waals surface area contributed by atoms with Crippen LogP contribution in [-0.4, -0.2) is 7.11 Å². The quantitative estimate of drug-likeness (QED) is 0.810. The third-order valence-electron chi connectivity index (χ3n) is 3.29. The zero-order chi connectivity index (χ0) is 14.5. The van der Waals surface area contributed by atoms with Gasteiger partial charge < -0.3 is 9.47 Å². The number of benzene rings is 2. The predicted molar refractivity (Wildman–Crippen MR) is 77.8 cm³/mol. The van der Waals surface area contributed by atoms with Crippen LogP contribution in [0.5, 0.6) is 11.5 Å². The smallest absolute Gasteiger partial charge is 0.165 e. The molecule has 2 aromatic rings. The number of methoxy groups -OCH3 is 1. The Labute approximate surface area is 119 Å². The molecule has 0 bridgehead atoms. The molecule has 0 N–H and O–H groups in total. The van der Waals surface area contributed by atoms with Crippen molar-refractivity contribution < 1.29 is 13.9 Å². The van der Waals surface area contributed by atoms with Gasteiger partial charge in [0.25, 0.3) is 0 Å². The average molecular weight is 274 g/mol. The normalized spacial score (nSPS) is 10.4. The number of hydrogen-bond donors (Lipinski definition) is 0. The summed E-state index contributed by atoms with van der Waals surface area (Å²) in [4.78, 5) is 0. The fraction of sp³-hybridized carbons (Fsp3) is 0.294. The monoisotopic (exact) mass is 274 g/mol. The Kier molecular flexibility index (Phi) is 4.61. The van der Waals surface area contributed by atoms with E-state index in [4.69, 9.17) is 9.47 Å². The molecule has 20 heavy (non-hydrogen) atoms. The van der Waals surface area contributed by atoms with Crippen LogP contribution in [0.2, 0.25) is 0 Å². The van der Waals surface area contributed by atoms with Crippen LogP contribution in [0.15, 0.2) is 36.4 Å². The molecule has 0 aliphatic heterocycles. The minimum Gasteiger partial charge on any atom is -0.496 e. The largest absolute Gasteiger partial charge is 0.496 e. The van der Waals surface area contributed by atoms with Crippen molar-refractivity contribution >= 4 is 0 Å². The number of halogens is 1. The molecule has 2 aromatic carbocycles.